The molecule has 1 N–H and O–H groups in total. The van der Waals surface area contributed by atoms with Crippen LogP contribution < -0.4 is 10.1 Å². The van der Waals surface area contributed by atoms with Crippen molar-refractivity contribution in [3.63, 3.8) is 0 Å². The third-order valence-corrected chi connectivity index (χ3v) is 5.08. The summed E-state index contributed by atoms with van der Waals surface area (Å²) in [5.41, 5.74) is 2.66. The molecule has 1 saturated carbocycles. The lowest BCUT2D eigenvalue weighted by atomic mass is 9.55. The highest BCUT2D eigenvalue weighted by atomic mass is 16.5. The van der Waals surface area contributed by atoms with Gasteiger partial charge in [-0.2, -0.15) is 0 Å². The van der Waals surface area contributed by atoms with Crippen molar-refractivity contribution in [1.82, 2.24) is 0 Å². The van der Waals surface area contributed by atoms with Crippen molar-refractivity contribution in [3.8, 4) is 5.75 Å². The molecule has 3 atom stereocenters. The minimum Gasteiger partial charge on any atom is -0.497 e. The zero-order chi connectivity index (χ0) is 14.3. The number of anilines is 1. The minimum atomic E-state index is 0.206. The molecule has 3 nitrogen and oxygen atoms in total. The summed E-state index contributed by atoms with van der Waals surface area (Å²) in [6.45, 7) is 7.69. The molecule has 0 bridgehead atoms. The maximum atomic E-state index is 5.97. The van der Waals surface area contributed by atoms with Crippen molar-refractivity contribution < 1.29 is 9.47 Å². The molecule has 0 spiro atoms. The maximum Gasteiger partial charge on any atom is 0.119 e. The Bertz CT molecular complexity index is 498. The fourth-order valence-electron chi connectivity index (χ4n) is 3.91. The van der Waals surface area contributed by atoms with Crippen LogP contribution in [0.4, 0.5) is 5.69 Å². The van der Waals surface area contributed by atoms with Crippen LogP contribution in [-0.4, -0.2) is 25.9 Å². The van der Waals surface area contributed by atoms with Crippen LogP contribution in [0.2, 0.25) is 0 Å². The number of hydrogen-bond donors (Lipinski definition) is 1. The standard InChI is InChI=1S/C17H25NO2/c1-11-10-12(19-4)7-8-14(11)18-15-13-6-5-9-20-16(13)17(15,2)3/h7-8,10,13,15-16,18H,5-6,9H2,1-4H3. The van der Waals surface area contributed by atoms with Crippen molar-refractivity contribution in [2.24, 2.45) is 11.3 Å². The highest BCUT2D eigenvalue weighted by Crippen LogP contribution is 2.52. The van der Waals surface area contributed by atoms with Gasteiger partial charge >= 0.3 is 0 Å². The second-order valence-electron chi connectivity index (χ2n) is 6.72. The topological polar surface area (TPSA) is 30.5 Å². The summed E-state index contributed by atoms with van der Waals surface area (Å²) in [6.07, 6.45) is 2.89. The van der Waals surface area contributed by atoms with Gasteiger partial charge in [-0.3, -0.25) is 0 Å². The number of benzene rings is 1. The smallest absolute Gasteiger partial charge is 0.119 e. The van der Waals surface area contributed by atoms with E-state index in [2.05, 4.69) is 38.2 Å². The Labute approximate surface area is 121 Å². The molecule has 3 heteroatoms. The van der Waals surface area contributed by atoms with E-state index in [4.69, 9.17) is 9.47 Å². The average Bonchev–Trinajstić information content (AvgIpc) is 2.45. The summed E-state index contributed by atoms with van der Waals surface area (Å²) in [7, 11) is 1.71. The summed E-state index contributed by atoms with van der Waals surface area (Å²) in [6, 6.07) is 6.74. The van der Waals surface area contributed by atoms with E-state index in [0.29, 0.717) is 18.1 Å². The molecule has 0 aromatic heterocycles. The number of methoxy groups -OCH3 is 1. The minimum absolute atomic E-state index is 0.206. The molecule has 0 amide bonds. The molecule has 2 aliphatic rings. The molecule has 1 aliphatic heterocycles. The number of ether oxygens (including phenoxy) is 2. The van der Waals surface area contributed by atoms with E-state index in [1.807, 2.05) is 6.07 Å². The second-order valence-corrected chi connectivity index (χ2v) is 6.72. The SMILES string of the molecule is COc1ccc(NC2C3CCCOC3C2(C)C)c(C)c1. The van der Waals surface area contributed by atoms with Crippen LogP contribution >= 0.6 is 0 Å². The highest BCUT2D eigenvalue weighted by molar-refractivity contribution is 5.55. The third-order valence-electron chi connectivity index (χ3n) is 5.08. The fourth-order valence-corrected chi connectivity index (χ4v) is 3.91. The summed E-state index contributed by atoms with van der Waals surface area (Å²) in [4.78, 5) is 0. The van der Waals surface area contributed by atoms with Gasteiger partial charge in [0, 0.05) is 29.7 Å². The number of nitrogens with one attached hydrogen (secondary N) is 1. The first kappa shape index (κ1) is 13.7. The quantitative estimate of drug-likeness (QED) is 0.914. The van der Waals surface area contributed by atoms with Gasteiger partial charge in [-0.1, -0.05) is 13.8 Å². The largest absolute Gasteiger partial charge is 0.497 e. The summed E-state index contributed by atoms with van der Waals surface area (Å²) in [5.74, 6) is 1.57. The Balaban J connectivity index is 1.77. The molecule has 1 aromatic rings. The Morgan fingerprint density at radius 2 is 2.15 bits per heavy atom. The lowest BCUT2D eigenvalue weighted by Gasteiger charge is -2.60. The van der Waals surface area contributed by atoms with E-state index < -0.39 is 0 Å². The van der Waals surface area contributed by atoms with Gasteiger partial charge in [0.15, 0.2) is 0 Å². The zero-order valence-corrected chi connectivity index (χ0v) is 12.9. The molecule has 1 aromatic carbocycles. The molecule has 1 heterocycles. The van der Waals surface area contributed by atoms with Gasteiger partial charge in [-0.05, 0) is 43.5 Å². The predicted octanol–water partition coefficient (Wildman–Crippen LogP) is 3.62. The number of fused-ring (bicyclic) bond motifs is 1. The maximum absolute atomic E-state index is 5.97. The van der Waals surface area contributed by atoms with E-state index in [1.165, 1.54) is 24.1 Å². The molecule has 3 rings (SSSR count). The average molecular weight is 275 g/mol. The molecule has 1 aliphatic carbocycles. The van der Waals surface area contributed by atoms with Gasteiger partial charge in [0.25, 0.3) is 0 Å². The van der Waals surface area contributed by atoms with Crippen LogP contribution in [0.1, 0.15) is 32.3 Å². The van der Waals surface area contributed by atoms with E-state index in [9.17, 15) is 0 Å². The zero-order valence-electron chi connectivity index (χ0n) is 12.9. The van der Waals surface area contributed by atoms with Gasteiger partial charge in [-0.25, -0.2) is 0 Å². The van der Waals surface area contributed by atoms with Crippen molar-refractivity contribution in [2.45, 2.75) is 45.8 Å². The molecular weight excluding hydrogens is 250 g/mol. The van der Waals surface area contributed by atoms with Gasteiger partial charge in [0.05, 0.1) is 13.2 Å². The van der Waals surface area contributed by atoms with E-state index >= 15 is 0 Å². The summed E-state index contributed by atoms with van der Waals surface area (Å²) >= 11 is 0. The highest BCUT2D eigenvalue weighted by Gasteiger charge is 2.57. The number of hydrogen-bond acceptors (Lipinski definition) is 3. The van der Waals surface area contributed by atoms with Crippen LogP contribution in [0.25, 0.3) is 0 Å². The summed E-state index contributed by atoms with van der Waals surface area (Å²) in [5, 5.41) is 3.75. The lowest BCUT2D eigenvalue weighted by molar-refractivity contribution is -0.177. The monoisotopic (exact) mass is 275 g/mol. The Hall–Kier alpha value is -1.22. The first-order valence-corrected chi connectivity index (χ1v) is 7.57. The first-order valence-electron chi connectivity index (χ1n) is 7.57. The molecule has 110 valence electrons. The predicted molar refractivity (Wildman–Crippen MR) is 81.4 cm³/mol. The van der Waals surface area contributed by atoms with Gasteiger partial charge < -0.3 is 14.8 Å². The van der Waals surface area contributed by atoms with Crippen molar-refractivity contribution in [1.29, 1.82) is 0 Å². The summed E-state index contributed by atoms with van der Waals surface area (Å²) < 4.78 is 11.2. The second kappa shape index (κ2) is 4.96. The first-order chi connectivity index (χ1) is 9.54. The van der Waals surface area contributed by atoms with Gasteiger partial charge in [-0.15, -0.1) is 0 Å². The molecule has 0 radical (unpaired) electrons. The Morgan fingerprint density at radius 3 is 2.85 bits per heavy atom. The van der Waals surface area contributed by atoms with Crippen molar-refractivity contribution in [3.05, 3.63) is 23.8 Å². The van der Waals surface area contributed by atoms with E-state index in [0.717, 1.165) is 12.4 Å². The Morgan fingerprint density at radius 1 is 1.35 bits per heavy atom. The fraction of sp³-hybridized carbons (Fsp3) is 0.647. The van der Waals surface area contributed by atoms with Crippen LogP contribution in [0.5, 0.6) is 5.75 Å². The van der Waals surface area contributed by atoms with Crippen molar-refractivity contribution >= 4 is 5.69 Å². The molecule has 1 saturated heterocycles. The van der Waals surface area contributed by atoms with Crippen LogP contribution in [-0.2, 0) is 4.74 Å². The number of rotatable bonds is 3. The molecular formula is C17H25NO2. The molecule has 20 heavy (non-hydrogen) atoms. The van der Waals surface area contributed by atoms with E-state index in [1.54, 1.807) is 7.11 Å². The van der Waals surface area contributed by atoms with E-state index in [-0.39, 0.29) is 5.41 Å². The molecule has 2 fully saturated rings. The van der Waals surface area contributed by atoms with Crippen molar-refractivity contribution in [2.75, 3.05) is 19.0 Å². The van der Waals surface area contributed by atoms with Crippen LogP contribution in [0.3, 0.4) is 0 Å². The van der Waals surface area contributed by atoms with Gasteiger partial charge in [0.2, 0.25) is 0 Å². The number of aryl methyl sites for hydroxylation is 1. The lowest BCUT2D eigenvalue weighted by Crippen LogP contribution is -2.67. The van der Waals surface area contributed by atoms with Crippen LogP contribution in [0.15, 0.2) is 18.2 Å². The normalized spacial score (nSPS) is 31.1. The Kier molecular flexibility index (Phi) is 3.41. The third kappa shape index (κ3) is 2.08. The van der Waals surface area contributed by atoms with Crippen LogP contribution in [0, 0.1) is 18.3 Å². The van der Waals surface area contributed by atoms with Gasteiger partial charge in [0.1, 0.15) is 5.75 Å². The molecule has 3 unspecified atom stereocenters.